The molecule has 0 fully saturated rings. The first-order valence-corrected chi connectivity index (χ1v) is 7.21. The first-order chi connectivity index (χ1) is 9.02. The van der Waals surface area contributed by atoms with Crippen LogP contribution in [0.4, 0.5) is 5.69 Å². The maximum atomic E-state index is 11.6. The van der Waals surface area contributed by atoms with Crippen molar-refractivity contribution < 1.29 is 4.79 Å². The lowest BCUT2D eigenvalue weighted by Gasteiger charge is -2.08. The van der Waals surface area contributed by atoms with Crippen LogP contribution in [0.2, 0.25) is 5.02 Å². The second-order valence-corrected chi connectivity index (χ2v) is 5.40. The van der Waals surface area contributed by atoms with Crippen molar-refractivity contribution in [3.63, 3.8) is 0 Å². The highest BCUT2D eigenvalue weighted by molar-refractivity contribution is 9.10. The Bertz CT molecular complexity index is 477. The van der Waals surface area contributed by atoms with E-state index in [0.717, 1.165) is 28.7 Å². The molecule has 0 aliphatic heterocycles. The monoisotopic (exact) mass is 345 g/mol. The molecule has 1 aromatic rings. The normalized spacial score (nSPS) is 11.3. The molecule has 0 aromatic heterocycles. The zero-order valence-electron chi connectivity index (χ0n) is 11.0. The maximum absolute atomic E-state index is 11.6. The molecule has 1 aromatic carbocycles. The predicted octanol–water partition coefficient (Wildman–Crippen LogP) is 3.81. The van der Waals surface area contributed by atoms with Gasteiger partial charge in [-0.3, -0.25) is 4.79 Å². The third-order valence-corrected chi connectivity index (χ3v) is 3.24. The van der Waals surface area contributed by atoms with Gasteiger partial charge in [0.15, 0.2) is 0 Å². The first kappa shape index (κ1) is 16.0. The van der Waals surface area contributed by atoms with Gasteiger partial charge in [0.25, 0.3) is 5.91 Å². The summed E-state index contributed by atoms with van der Waals surface area (Å²) < 4.78 is 0.818. The summed E-state index contributed by atoms with van der Waals surface area (Å²) in [5.41, 5.74) is 4.25. The zero-order valence-corrected chi connectivity index (χ0v) is 13.3. The van der Waals surface area contributed by atoms with Gasteiger partial charge in [0, 0.05) is 20.9 Å². The Balaban J connectivity index is 2.44. The lowest BCUT2D eigenvalue weighted by Crippen LogP contribution is -2.26. The van der Waals surface area contributed by atoms with Crippen LogP contribution in [0.3, 0.4) is 0 Å². The number of hydrogen-bond donors (Lipinski definition) is 2. The third-order valence-electron chi connectivity index (χ3n) is 2.35. The molecule has 0 atom stereocenters. The van der Waals surface area contributed by atoms with E-state index in [1.54, 1.807) is 12.1 Å². The number of amides is 1. The second kappa shape index (κ2) is 8.17. The number of benzene rings is 1. The van der Waals surface area contributed by atoms with Crippen LogP contribution in [-0.2, 0) is 4.79 Å². The van der Waals surface area contributed by atoms with Gasteiger partial charge in [-0.2, -0.15) is 5.10 Å². The van der Waals surface area contributed by atoms with Gasteiger partial charge >= 0.3 is 0 Å². The molecule has 1 rings (SSSR count). The van der Waals surface area contributed by atoms with Gasteiger partial charge in [-0.1, -0.05) is 24.9 Å². The first-order valence-electron chi connectivity index (χ1n) is 6.04. The largest absolute Gasteiger partial charge is 0.375 e. The van der Waals surface area contributed by atoms with Crippen LogP contribution >= 0.6 is 27.5 Å². The molecule has 4 nitrogen and oxygen atoms in total. The van der Waals surface area contributed by atoms with Crippen molar-refractivity contribution in [2.75, 3.05) is 11.9 Å². The summed E-state index contributed by atoms with van der Waals surface area (Å²) in [5, 5.41) is 7.66. The van der Waals surface area contributed by atoms with Gasteiger partial charge in [-0.15, -0.1) is 0 Å². The van der Waals surface area contributed by atoms with Crippen molar-refractivity contribution in [2.24, 2.45) is 5.10 Å². The maximum Gasteiger partial charge on any atom is 0.259 e. The molecular formula is C13H17BrClN3O. The summed E-state index contributed by atoms with van der Waals surface area (Å²) in [6.07, 6.45) is 1.90. The molecule has 0 heterocycles. The minimum Gasteiger partial charge on any atom is -0.375 e. The predicted molar refractivity (Wildman–Crippen MR) is 83.8 cm³/mol. The molecule has 1 amide bonds. The van der Waals surface area contributed by atoms with E-state index >= 15 is 0 Å². The molecular weight excluding hydrogens is 330 g/mol. The molecule has 0 aliphatic rings. The number of carbonyl (C=O) groups excluding carboxylic acids is 1. The minimum absolute atomic E-state index is 0.156. The molecule has 0 radical (unpaired) electrons. The quantitative estimate of drug-likeness (QED) is 0.608. The summed E-state index contributed by atoms with van der Waals surface area (Å²) in [6.45, 7) is 4.12. The Kier molecular flexibility index (Phi) is 6.87. The van der Waals surface area contributed by atoms with E-state index in [1.165, 1.54) is 0 Å². The van der Waals surface area contributed by atoms with E-state index in [9.17, 15) is 4.79 Å². The average Bonchev–Trinajstić information content (AvgIpc) is 2.35. The van der Waals surface area contributed by atoms with Gasteiger partial charge in [-0.25, -0.2) is 5.43 Å². The number of carbonyl (C=O) groups is 1. The molecule has 6 heteroatoms. The number of hydrogen-bond acceptors (Lipinski definition) is 3. The summed E-state index contributed by atoms with van der Waals surface area (Å²) in [4.78, 5) is 11.6. The van der Waals surface area contributed by atoms with Crippen LogP contribution in [0.1, 0.15) is 26.7 Å². The van der Waals surface area contributed by atoms with Gasteiger partial charge in [-0.05, 0) is 47.5 Å². The molecule has 2 N–H and O–H groups in total. The Morgan fingerprint density at radius 3 is 2.84 bits per heavy atom. The summed E-state index contributed by atoms with van der Waals surface area (Å²) >= 11 is 9.21. The van der Waals surface area contributed by atoms with Crippen LogP contribution < -0.4 is 10.7 Å². The summed E-state index contributed by atoms with van der Waals surface area (Å²) in [7, 11) is 0. The van der Waals surface area contributed by atoms with Crippen LogP contribution in [0, 0.1) is 0 Å². The van der Waals surface area contributed by atoms with E-state index in [1.807, 2.05) is 13.0 Å². The third kappa shape index (κ3) is 6.07. The van der Waals surface area contributed by atoms with Gasteiger partial charge in [0.1, 0.15) is 0 Å². The molecule has 0 bridgehead atoms. The van der Waals surface area contributed by atoms with Crippen molar-refractivity contribution in [1.29, 1.82) is 0 Å². The fourth-order valence-electron chi connectivity index (χ4n) is 1.42. The second-order valence-electron chi connectivity index (χ2n) is 4.11. The number of anilines is 1. The van der Waals surface area contributed by atoms with E-state index in [4.69, 9.17) is 11.6 Å². The van der Waals surface area contributed by atoms with Crippen LogP contribution in [-0.4, -0.2) is 18.2 Å². The number of halogens is 2. The van der Waals surface area contributed by atoms with Crippen LogP contribution in [0.15, 0.2) is 27.8 Å². The van der Waals surface area contributed by atoms with E-state index in [0.29, 0.717) is 5.02 Å². The molecule has 0 saturated heterocycles. The Labute approximate surface area is 126 Å². The van der Waals surface area contributed by atoms with E-state index < -0.39 is 0 Å². The SMILES string of the molecule is CCCC(C)=NNC(=O)CNc1ccc(Cl)cc1Br. The zero-order chi connectivity index (χ0) is 14.3. The molecule has 104 valence electrons. The van der Waals surface area contributed by atoms with Crippen molar-refractivity contribution in [2.45, 2.75) is 26.7 Å². The fourth-order valence-corrected chi connectivity index (χ4v) is 2.25. The molecule has 0 spiro atoms. The van der Waals surface area contributed by atoms with Gasteiger partial charge in [0.2, 0.25) is 0 Å². The van der Waals surface area contributed by atoms with Crippen molar-refractivity contribution >= 4 is 44.8 Å². The smallest absolute Gasteiger partial charge is 0.259 e. The van der Waals surface area contributed by atoms with E-state index in [2.05, 4.69) is 38.7 Å². The van der Waals surface area contributed by atoms with Crippen molar-refractivity contribution in [3.05, 3.63) is 27.7 Å². The molecule has 0 aliphatic carbocycles. The van der Waals surface area contributed by atoms with Crippen LogP contribution in [0.5, 0.6) is 0 Å². The topological polar surface area (TPSA) is 53.5 Å². The van der Waals surface area contributed by atoms with Gasteiger partial charge < -0.3 is 5.32 Å². The molecule has 0 saturated carbocycles. The Hall–Kier alpha value is -1.07. The van der Waals surface area contributed by atoms with E-state index in [-0.39, 0.29) is 12.5 Å². The highest BCUT2D eigenvalue weighted by Gasteiger charge is 2.03. The number of nitrogens with one attached hydrogen (secondary N) is 2. The number of nitrogens with zero attached hydrogens (tertiary/aromatic N) is 1. The summed E-state index contributed by atoms with van der Waals surface area (Å²) in [6, 6.07) is 5.34. The lowest BCUT2D eigenvalue weighted by molar-refractivity contribution is -0.119. The van der Waals surface area contributed by atoms with Crippen LogP contribution in [0.25, 0.3) is 0 Å². The Morgan fingerprint density at radius 1 is 1.47 bits per heavy atom. The Morgan fingerprint density at radius 2 is 2.21 bits per heavy atom. The highest BCUT2D eigenvalue weighted by atomic mass is 79.9. The molecule has 19 heavy (non-hydrogen) atoms. The molecule has 0 unspecified atom stereocenters. The van der Waals surface area contributed by atoms with Crippen molar-refractivity contribution in [3.8, 4) is 0 Å². The highest BCUT2D eigenvalue weighted by Crippen LogP contribution is 2.25. The minimum atomic E-state index is -0.183. The number of rotatable bonds is 6. The average molecular weight is 347 g/mol. The standard InChI is InChI=1S/C13H17BrClN3O/c1-3-4-9(2)17-18-13(19)8-16-12-6-5-10(15)7-11(12)14/h5-7,16H,3-4,8H2,1-2H3,(H,18,19). The fraction of sp³-hybridized carbons (Fsp3) is 0.385. The van der Waals surface area contributed by atoms with Crippen molar-refractivity contribution in [1.82, 2.24) is 5.43 Å². The van der Waals surface area contributed by atoms with Gasteiger partial charge in [0.05, 0.1) is 6.54 Å². The number of hydrazone groups is 1. The summed E-state index contributed by atoms with van der Waals surface area (Å²) in [5.74, 6) is -0.183. The lowest BCUT2D eigenvalue weighted by atomic mass is 10.2.